The molecule has 6 heteroatoms. The van der Waals surface area contributed by atoms with Crippen molar-refractivity contribution in [1.82, 2.24) is 9.97 Å². The summed E-state index contributed by atoms with van der Waals surface area (Å²) in [6, 6.07) is 8.09. The molecule has 0 aliphatic carbocycles. The highest BCUT2D eigenvalue weighted by atomic mass is 35.5. The minimum atomic E-state index is 0.525. The van der Waals surface area contributed by atoms with Crippen molar-refractivity contribution in [3.05, 3.63) is 47.2 Å². The maximum Gasteiger partial charge on any atom is 0.222 e. The first-order valence-corrected chi connectivity index (χ1v) is 6.69. The highest BCUT2D eigenvalue weighted by Crippen LogP contribution is 2.16. The lowest BCUT2D eigenvalue weighted by atomic mass is 10.2. The van der Waals surface area contributed by atoms with E-state index in [0.717, 1.165) is 17.8 Å². The molecular formula is C14H17ClN4O. The topological polar surface area (TPSA) is 59.1 Å². The molecule has 0 amide bonds. The minimum Gasteiger partial charge on any atom is -0.383 e. The smallest absolute Gasteiger partial charge is 0.222 e. The maximum atomic E-state index is 5.75. The molecule has 0 saturated carbocycles. The number of aromatic nitrogens is 2. The Hall–Kier alpha value is -1.85. The number of nitrogens with one attached hydrogen (secondary N) is 2. The van der Waals surface area contributed by atoms with Gasteiger partial charge in [-0.3, -0.25) is 0 Å². The quantitative estimate of drug-likeness (QED) is 0.769. The monoisotopic (exact) mass is 292 g/mol. The van der Waals surface area contributed by atoms with E-state index in [2.05, 4.69) is 26.7 Å². The van der Waals surface area contributed by atoms with Crippen LogP contribution < -0.4 is 10.6 Å². The lowest BCUT2D eigenvalue weighted by Crippen LogP contribution is -2.11. The molecule has 0 aliphatic rings. The number of halogens is 1. The van der Waals surface area contributed by atoms with E-state index >= 15 is 0 Å². The Morgan fingerprint density at radius 2 is 1.90 bits per heavy atom. The standard InChI is InChI=1S/C14H17ClN4O/c1-20-7-6-16-13-5-3-2-4-11(13)8-17-14-18-9-12(15)10-19-14/h2-5,9-10,16H,6-8H2,1H3,(H,17,18,19). The Bertz CT molecular complexity index is 533. The number of para-hydroxylation sites is 1. The van der Waals surface area contributed by atoms with E-state index in [1.165, 1.54) is 0 Å². The van der Waals surface area contributed by atoms with Crippen molar-refractivity contribution >= 4 is 23.2 Å². The van der Waals surface area contributed by atoms with Gasteiger partial charge in [-0.15, -0.1) is 0 Å². The Labute approximate surface area is 123 Å². The molecule has 106 valence electrons. The average molecular weight is 293 g/mol. The summed E-state index contributed by atoms with van der Waals surface area (Å²) in [5.74, 6) is 0.557. The van der Waals surface area contributed by atoms with Crippen LogP contribution in [0.25, 0.3) is 0 Å². The molecule has 2 rings (SSSR count). The van der Waals surface area contributed by atoms with Crippen LogP contribution in [0.15, 0.2) is 36.7 Å². The van der Waals surface area contributed by atoms with Gasteiger partial charge in [-0.05, 0) is 11.6 Å². The average Bonchev–Trinajstić information content (AvgIpc) is 2.48. The van der Waals surface area contributed by atoms with Crippen molar-refractivity contribution < 1.29 is 4.74 Å². The van der Waals surface area contributed by atoms with Gasteiger partial charge in [-0.25, -0.2) is 9.97 Å². The van der Waals surface area contributed by atoms with Crippen LogP contribution in [0.5, 0.6) is 0 Å². The highest BCUT2D eigenvalue weighted by Gasteiger charge is 2.02. The summed E-state index contributed by atoms with van der Waals surface area (Å²) in [7, 11) is 1.69. The predicted molar refractivity (Wildman–Crippen MR) is 81.2 cm³/mol. The van der Waals surface area contributed by atoms with Gasteiger partial charge in [-0.2, -0.15) is 0 Å². The van der Waals surface area contributed by atoms with E-state index < -0.39 is 0 Å². The lowest BCUT2D eigenvalue weighted by Gasteiger charge is -2.12. The van der Waals surface area contributed by atoms with Crippen LogP contribution in [0.1, 0.15) is 5.56 Å². The Morgan fingerprint density at radius 1 is 1.15 bits per heavy atom. The molecule has 1 aromatic carbocycles. The number of benzene rings is 1. The van der Waals surface area contributed by atoms with Crippen LogP contribution >= 0.6 is 11.6 Å². The van der Waals surface area contributed by atoms with Gasteiger partial charge >= 0.3 is 0 Å². The SMILES string of the molecule is COCCNc1ccccc1CNc1ncc(Cl)cn1. The van der Waals surface area contributed by atoms with Gasteiger partial charge in [0.05, 0.1) is 24.0 Å². The third-order valence-corrected chi connectivity index (χ3v) is 2.89. The fourth-order valence-corrected chi connectivity index (χ4v) is 1.81. The zero-order chi connectivity index (χ0) is 14.2. The van der Waals surface area contributed by atoms with Gasteiger partial charge in [0, 0.05) is 25.9 Å². The molecule has 0 radical (unpaired) electrons. The Morgan fingerprint density at radius 3 is 2.65 bits per heavy atom. The molecule has 2 aromatic rings. The summed E-state index contributed by atoms with van der Waals surface area (Å²) < 4.78 is 5.03. The number of methoxy groups -OCH3 is 1. The normalized spacial score (nSPS) is 10.3. The van der Waals surface area contributed by atoms with E-state index in [1.54, 1.807) is 19.5 Å². The number of ether oxygens (including phenoxy) is 1. The van der Waals surface area contributed by atoms with Gasteiger partial charge in [0.25, 0.3) is 0 Å². The number of anilines is 2. The zero-order valence-electron chi connectivity index (χ0n) is 11.3. The molecule has 1 aromatic heterocycles. The molecule has 0 bridgehead atoms. The summed E-state index contributed by atoms with van der Waals surface area (Å²) in [5, 5.41) is 7.02. The lowest BCUT2D eigenvalue weighted by molar-refractivity contribution is 0.211. The van der Waals surface area contributed by atoms with Crippen LogP contribution in [0.3, 0.4) is 0 Å². The van der Waals surface area contributed by atoms with Crippen molar-refractivity contribution in [2.45, 2.75) is 6.54 Å². The summed E-state index contributed by atoms with van der Waals surface area (Å²) >= 11 is 5.75. The Balaban J connectivity index is 1.96. The van der Waals surface area contributed by atoms with Crippen molar-refractivity contribution in [1.29, 1.82) is 0 Å². The fourth-order valence-electron chi connectivity index (χ4n) is 1.71. The van der Waals surface area contributed by atoms with Gasteiger partial charge in [0.15, 0.2) is 0 Å². The fraction of sp³-hybridized carbons (Fsp3) is 0.286. The van der Waals surface area contributed by atoms with Crippen LogP contribution in [0.4, 0.5) is 11.6 Å². The molecule has 0 spiro atoms. The number of hydrogen-bond acceptors (Lipinski definition) is 5. The second-order valence-electron chi connectivity index (χ2n) is 4.16. The van der Waals surface area contributed by atoms with E-state index in [4.69, 9.17) is 16.3 Å². The van der Waals surface area contributed by atoms with E-state index in [0.29, 0.717) is 24.1 Å². The van der Waals surface area contributed by atoms with Crippen molar-refractivity contribution in [2.24, 2.45) is 0 Å². The first-order valence-electron chi connectivity index (χ1n) is 6.31. The second kappa shape index (κ2) is 7.67. The summed E-state index contributed by atoms with van der Waals surface area (Å²) in [4.78, 5) is 8.21. The minimum absolute atomic E-state index is 0.525. The van der Waals surface area contributed by atoms with Gasteiger partial charge in [0.2, 0.25) is 5.95 Å². The van der Waals surface area contributed by atoms with Crippen LogP contribution in [-0.4, -0.2) is 30.2 Å². The number of hydrogen-bond donors (Lipinski definition) is 2. The van der Waals surface area contributed by atoms with Gasteiger partial charge in [-0.1, -0.05) is 29.8 Å². The molecular weight excluding hydrogens is 276 g/mol. The van der Waals surface area contributed by atoms with Crippen molar-refractivity contribution in [3.63, 3.8) is 0 Å². The van der Waals surface area contributed by atoms with Gasteiger partial charge < -0.3 is 15.4 Å². The molecule has 5 nitrogen and oxygen atoms in total. The molecule has 2 N–H and O–H groups in total. The largest absolute Gasteiger partial charge is 0.383 e. The first kappa shape index (κ1) is 14.6. The maximum absolute atomic E-state index is 5.75. The first-order chi connectivity index (χ1) is 9.79. The third kappa shape index (κ3) is 4.36. The Kier molecular flexibility index (Phi) is 5.58. The van der Waals surface area contributed by atoms with Crippen LogP contribution in [-0.2, 0) is 11.3 Å². The van der Waals surface area contributed by atoms with Crippen LogP contribution in [0, 0.1) is 0 Å². The second-order valence-corrected chi connectivity index (χ2v) is 4.59. The molecule has 1 heterocycles. The summed E-state index contributed by atoms with van der Waals surface area (Å²) in [5.41, 5.74) is 2.22. The van der Waals surface area contributed by atoms with Crippen molar-refractivity contribution in [3.8, 4) is 0 Å². The molecule has 0 unspecified atom stereocenters. The predicted octanol–water partition coefficient (Wildman–Crippen LogP) is 2.80. The molecule has 0 aliphatic heterocycles. The van der Waals surface area contributed by atoms with Crippen LogP contribution in [0.2, 0.25) is 5.02 Å². The van der Waals surface area contributed by atoms with Gasteiger partial charge in [0.1, 0.15) is 0 Å². The zero-order valence-corrected chi connectivity index (χ0v) is 12.0. The van der Waals surface area contributed by atoms with E-state index in [-0.39, 0.29) is 0 Å². The molecule has 0 atom stereocenters. The summed E-state index contributed by atoms with van der Waals surface area (Å²) in [6.07, 6.45) is 3.14. The third-order valence-electron chi connectivity index (χ3n) is 2.70. The van der Waals surface area contributed by atoms with E-state index in [1.807, 2.05) is 18.2 Å². The number of nitrogens with zero attached hydrogens (tertiary/aromatic N) is 2. The number of rotatable bonds is 7. The molecule has 0 saturated heterocycles. The van der Waals surface area contributed by atoms with Crippen molar-refractivity contribution in [2.75, 3.05) is 30.9 Å². The molecule has 0 fully saturated rings. The molecule has 20 heavy (non-hydrogen) atoms. The van der Waals surface area contributed by atoms with E-state index in [9.17, 15) is 0 Å². The summed E-state index contributed by atoms with van der Waals surface area (Å²) in [6.45, 7) is 2.07. The highest BCUT2D eigenvalue weighted by molar-refractivity contribution is 6.30.